The number of hydrogen-bond acceptors (Lipinski definition) is 6. The SMILES string of the molecule is COC1COCCC1NC1CCC(C(=O)N2CCN(c3cc(C(F)(F)F)ccn3)CC2)C1. The molecule has 0 bridgehead atoms. The van der Waals surface area contributed by atoms with E-state index in [1.165, 1.54) is 6.20 Å². The van der Waals surface area contributed by atoms with Gasteiger partial charge in [0.15, 0.2) is 0 Å². The molecular weight excluding hydrogens is 425 g/mol. The first kappa shape index (κ1) is 23.3. The number of anilines is 1. The highest BCUT2D eigenvalue weighted by molar-refractivity contribution is 5.79. The number of hydrogen-bond donors (Lipinski definition) is 1. The zero-order valence-electron chi connectivity index (χ0n) is 18.3. The Labute approximate surface area is 186 Å². The van der Waals surface area contributed by atoms with Gasteiger partial charge in [-0.2, -0.15) is 13.2 Å². The Kier molecular flexibility index (Phi) is 7.21. The smallest absolute Gasteiger partial charge is 0.379 e. The molecule has 2 aliphatic heterocycles. The van der Waals surface area contributed by atoms with Gasteiger partial charge in [-0.3, -0.25) is 4.79 Å². The van der Waals surface area contributed by atoms with E-state index in [9.17, 15) is 18.0 Å². The van der Waals surface area contributed by atoms with Crippen LogP contribution in [0.4, 0.5) is 19.0 Å². The van der Waals surface area contributed by atoms with Crippen LogP contribution < -0.4 is 10.2 Å². The minimum absolute atomic E-state index is 0.00781. The summed E-state index contributed by atoms with van der Waals surface area (Å²) < 4.78 is 49.9. The molecule has 0 radical (unpaired) electrons. The van der Waals surface area contributed by atoms with Crippen LogP contribution in [0.5, 0.6) is 0 Å². The molecule has 178 valence electrons. The third-order valence-corrected chi connectivity index (χ3v) is 6.83. The highest BCUT2D eigenvalue weighted by Crippen LogP contribution is 2.32. The molecular formula is C22H31F3N4O3. The lowest BCUT2D eigenvalue weighted by Crippen LogP contribution is -2.51. The average Bonchev–Trinajstić information content (AvgIpc) is 3.27. The van der Waals surface area contributed by atoms with Gasteiger partial charge in [-0.05, 0) is 37.8 Å². The lowest BCUT2D eigenvalue weighted by Gasteiger charge is -2.37. The second-order valence-corrected chi connectivity index (χ2v) is 8.83. The summed E-state index contributed by atoms with van der Waals surface area (Å²) in [5, 5.41) is 3.67. The number of ether oxygens (including phenoxy) is 2. The summed E-state index contributed by atoms with van der Waals surface area (Å²) in [7, 11) is 1.70. The third-order valence-electron chi connectivity index (χ3n) is 6.83. The summed E-state index contributed by atoms with van der Waals surface area (Å²) in [5.74, 6) is 0.453. The molecule has 1 aromatic rings. The largest absolute Gasteiger partial charge is 0.416 e. The van der Waals surface area contributed by atoms with Gasteiger partial charge in [0.05, 0.1) is 18.3 Å². The van der Waals surface area contributed by atoms with Gasteiger partial charge >= 0.3 is 6.18 Å². The number of rotatable bonds is 5. The Balaban J connectivity index is 1.27. The molecule has 32 heavy (non-hydrogen) atoms. The van der Waals surface area contributed by atoms with Crippen molar-refractivity contribution in [3.05, 3.63) is 23.9 Å². The van der Waals surface area contributed by atoms with Crippen LogP contribution in [0.1, 0.15) is 31.2 Å². The van der Waals surface area contributed by atoms with Crippen LogP contribution in [-0.2, 0) is 20.4 Å². The van der Waals surface area contributed by atoms with E-state index < -0.39 is 11.7 Å². The number of carbonyl (C=O) groups is 1. The molecule has 0 spiro atoms. The topological polar surface area (TPSA) is 66.9 Å². The van der Waals surface area contributed by atoms with Crippen LogP contribution in [0.3, 0.4) is 0 Å². The monoisotopic (exact) mass is 456 g/mol. The molecule has 1 aromatic heterocycles. The van der Waals surface area contributed by atoms with Gasteiger partial charge in [0, 0.05) is 64.1 Å². The Hall–Kier alpha value is -1.91. The quantitative estimate of drug-likeness (QED) is 0.734. The highest BCUT2D eigenvalue weighted by atomic mass is 19.4. The Morgan fingerprint density at radius 1 is 1.22 bits per heavy atom. The lowest BCUT2D eigenvalue weighted by atomic mass is 10.0. The number of methoxy groups -OCH3 is 1. The van der Waals surface area contributed by atoms with Crippen LogP contribution in [0, 0.1) is 5.92 Å². The second kappa shape index (κ2) is 9.93. The molecule has 4 rings (SSSR count). The highest BCUT2D eigenvalue weighted by Gasteiger charge is 2.37. The van der Waals surface area contributed by atoms with E-state index in [0.717, 1.165) is 44.4 Å². The van der Waals surface area contributed by atoms with Crippen LogP contribution >= 0.6 is 0 Å². The maximum Gasteiger partial charge on any atom is 0.416 e. The zero-order chi connectivity index (χ0) is 22.7. The molecule has 2 saturated heterocycles. The molecule has 1 saturated carbocycles. The summed E-state index contributed by atoms with van der Waals surface area (Å²) in [5.41, 5.74) is -0.703. The van der Waals surface area contributed by atoms with Gasteiger partial charge < -0.3 is 24.6 Å². The van der Waals surface area contributed by atoms with E-state index in [4.69, 9.17) is 9.47 Å². The van der Waals surface area contributed by atoms with E-state index in [1.54, 1.807) is 7.11 Å². The van der Waals surface area contributed by atoms with Crippen molar-refractivity contribution >= 4 is 11.7 Å². The number of carbonyl (C=O) groups excluding carboxylic acids is 1. The predicted molar refractivity (Wildman–Crippen MR) is 112 cm³/mol. The minimum Gasteiger partial charge on any atom is -0.379 e. The first-order valence-electron chi connectivity index (χ1n) is 11.3. The van der Waals surface area contributed by atoms with Crippen molar-refractivity contribution in [2.45, 2.75) is 50.0 Å². The summed E-state index contributed by atoms with van der Waals surface area (Å²) >= 11 is 0. The van der Waals surface area contributed by atoms with Crippen molar-refractivity contribution in [1.82, 2.24) is 15.2 Å². The van der Waals surface area contributed by atoms with E-state index >= 15 is 0 Å². The summed E-state index contributed by atoms with van der Waals surface area (Å²) in [6, 6.07) is 2.59. The van der Waals surface area contributed by atoms with Gasteiger partial charge in [0.25, 0.3) is 0 Å². The molecule has 3 fully saturated rings. The number of nitrogens with zero attached hydrogens (tertiary/aromatic N) is 3. The first-order chi connectivity index (χ1) is 15.3. The first-order valence-corrected chi connectivity index (χ1v) is 11.3. The van der Waals surface area contributed by atoms with Crippen LogP contribution in [-0.4, -0.2) is 80.5 Å². The number of halogens is 3. The average molecular weight is 457 g/mol. The molecule has 4 atom stereocenters. The maximum absolute atomic E-state index is 13.1. The molecule has 1 aliphatic carbocycles. The van der Waals surface area contributed by atoms with E-state index in [1.807, 2.05) is 9.80 Å². The predicted octanol–water partition coefficient (Wildman–Crippen LogP) is 2.31. The number of nitrogens with one attached hydrogen (secondary N) is 1. The van der Waals surface area contributed by atoms with Crippen molar-refractivity contribution < 1.29 is 27.4 Å². The van der Waals surface area contributed by atoms with Crippen molar-refractivity contribution in [3.8, 4) is 0 Å². The second-order valence-electron chi connectivity index (χ2n) is 8.83. The maximum atomic E-state index is 13.1. The number of piperazine rings is 1. The van der Waals surface area contributed by atoms with Crippen LogP contribution in [0.2, 0.25) is 0 Å². The number of pyridine rings is 1. The summed E-state index contributed by atoms with van der Waals surface area (Å²) in [4.78, 5) is 20.8. The summed E-state index contributed by atoms with van der Waals surface area (Å²) in [6.45, 7) is 3.26. The summed E-state index contributed by atoms with van der Waals surface area (Å²) in [6.07, 6.45) is 0.354. The number of amides is 1. The molecule has 1 amide bonds. The van der Waals surface area contributed by atoms with E-state index in [-0.39, 0.29) is 24.0 Å². The molecule has 1 N–H and O–H groups in total. The fourth-order valence-corrected chi connectivity index (χ4v) is 4.98. The van der Waals surface area contributed by atoms with Gasteiger partial charge in [-0.1, -0.05) is 0 Å². The van der Waals surface area contributed by atoms with Gasteiger partial charge in [0.1, 0.15) is 5.82 Å². The molecule has 7 nitrogen and oxygen atoms in total. The standard InChI is InChI=1S/C22H31F3N4O3/c1-31-19-14-32-11-5-18(19)27-17-3-2-15(12-17)21(30)29-9-7-28(8-10-29)20-13-16(4-6-26-20)22(23,24)25/h4,6,13,15,17-19,27H,2-3,5,7-12,14H2,1H3. The Morgan fingerprint density at radius 2 is 2.00 bits per heavy atom. The third kappa shape index (κ3) is 5.35. The van der Waals surface area contributed by atoms with Gasteiger partial charge in [0.2, 0.25) is 5.91 Å². The van der Waals surface area contributed by atoms with Crippen molar-refractivity contribution in [2.24, 2.45) is 5.92 Å². The van der Waals surface area contributed by atoms with Crippen LogP contribution in [0.15, 0.2) is 18.3 Å². The molecule has 4 unspecified atom stereocenters. The molecule has 3 aliphatic rings. The van der Waals surface area contributed by atoms with Crippen molar-refractivity contribution in [1.29, 1.82) is 0 Å². The molecule has 10 heteroatoms. The van der Waals surface area contributed by atoms with E-state index in [2.05, 4.69) is 10.3 Å². The minimum atomic E-state index is -4.39. The van der Waals surface area contributed by atoms with Crippen molar-refractivity contribution in [2.75, 3.05) is 51.4 Å². The Morgan fingerprint density at radius 3 is 2.72 bits per heavy atom. The lowest BCUT2D eigenvalue weighted by molar-refractivity contribution is -0.137. The molecule has 3 heterocycles. The zero-order valence-corrected chi connectivity index (χ0v) is 18.3. The fraction of sp³-hybridized carbons (Fsp3) is 0.727. The Bertz CT molecular complexity index is 786. The number of aromatic nitrogens is 1. The van der Waals surface area contributed by atoms with E-state index in [0.29, 0.717) is 44.6 Å². The van der Waals surface area contributed by atoms with Crippen molar-refractivity contribution in [3.63, 3.8) is 0 Å². The normalized spacial score (nSPS) is 29.4. The molecule has 0 aromatic carbocycles. The van der Waals surface area contributed by atoms with Gasteiger partial charge in [-0.15, -0.1) is 0 Å². The number of alkyl halides is 3. The van der Waals surface area contributed by atoms with Crippen LogP contribution in [0.25, 0.3) is 0 Å². The fourth-order valence-electron chi connectivity index (χ4n) is 4.98. The van der Waals surface area contributed by atoms with Gasteiger partial charge in [-0.25, -0.2) is 4.98 Å².